The number of Topliss-reactive ketones (excluding diaryl/α,β-unsaturated/α-hetero) is 1. The van der Waals surface area contributed by atoms with Crippen molar-refractivity contribution in [3.63, 3.8) is 0 Å². The first kappa shape index (κ1) is 27.6. The molecule has 0 aliphatic carbocycles. The maximum absolute atomic E-state index is 12.5. The normalized spacial score (nSPS) is 11.7. The predicted octanol–water partition coefficient (Wildman–Crippen LogP) is 2.47. The van der Waals surface area contributed by atoms with E-state index in [9.17, 15) is 40.7 Å². The van der Waals surface area contributed by atoms with Crippen molar-refractivity contribution in [3.05, 3.63) is 29.3 Å². The molecule has 0 fully saturated rings. The number of nitrogen functional groups attached to an aromatic ring is 1. The lowest BCUT2D eigenvalue weighted by Crippen LogP contribution is -2.29. The lowest BCUT2D eigenvalue weighted by Gasteiger charge is -2.10. The standard InChI is InChI=1S/C8H8F3N3O2.C8H9F3O4/c1-2-16-6(15)4-3-13-7(12)14-5(4)8(9,10)11;1-3-15-7(13)5(4-14-2)6(12)8(9,10)11/h3H,2H2,1H3,(H2,12,13,14);4H,3H2,1-2H3. The Morgan fingerprint density at radius 3 is 2.03 bits per heavy atom. The van der Waals surface area contributed by atoms with E-state index >= 15 is 0 Å². The Balaban J connectivity index is 0.000000582. The third kappa shape index (κ3) is 8.88. The van der Waals surface area contributed by atoms with Crippen molar-refractivity contribution in [2.75, 3.05) is 26.1 Å². The average molecular weight is 461 g/mol. The Morgan fingerprint density at radius 2 is 1.61 bits per heavy atom. The van der Waals surface area contributed by atoms with Gasteiger partial charge in [0.25, 0.3) is 5.78 Å². The van der Waals surface area contributed by atoms with Crippen LogP contribution in [0.3, 0.4) is 0 Å². The van der Waals surface area contributed by atoms with E-state index in [1.54, 1.807) is 0 Å². The van der Waals surface area contributed by atoms with Crippen LogP contribution in [0.1, 0.15) is 29.9 Å². The molecule has 0 amide bonds. The fourth-order valence-corrected chi connectivity index (χ4v) is 1.64. The van der Waals surface area contributed by atoms with Crippen molar-refractivity contribution in [3.8, 4) is 0 Å². The molecule has 0 aromatic carbocycles. The summed E-state index contributed by atoms with van der Waals surface area (Å²) < 4.78 is 86.2. The molecule has 0 bridgehead atoms. The van der Waals surface area contributed by atoms with E-state index in [2.05, 4.69) is 24.2 Å². The summed E-state index contributed by atoms with van der Waals surface area (Å²) >= 11 is 0. The molecule has 0 atom stereocenters. The number of hydrogen-bond acceptors (Lipinski definition) is 9. The van der Waals surface area contributed by atoms with Crippen molar-refractivity contribution < 1.29 is 54.9 Å². The molecule has 1 heterocycles. The van der Waals surface area contributed by atoms with Gasteiger partial charge in [-0.15, -0.1) is 0 Å². The van der Waals surface area contributed by atoms with Crippen LogP contribution in [0.15, 0.2) is 18.0 Å². The summed E-state index contributed by atoms with van der Waals surface area (Å²) in [5.74, 6) is -5.33. The molecular weight excluding hydrogens is 444 g/mol. The number of hydrogen-bond donors (Lipinski definition) is 1. The summed E-state index contributed by atoms with van der Waals surface area (Å²) in [7, 11) is 1.02. The summed E-state index contributed by atoms with van der Waals surface area (Å²) in [5, 5.41) is 0. The highest BCUT2D eigenvalue weighted by Gasteiger charge is 2.44. The number of nitrogens with two attached hydrogens (primary N) is 1. The quantitative estimate of drug-likeness (QED) is 0.170. The number of anilines is 1. The Kier molecular flexibility index (Phi) is 10.4. The summed E-state index contributed by atoms with van der Waals surface area (Å²) in [6.45, 7) is 2.70. The number of methoxy groups -OCH3 is 1. The summed E-state index contributed by atoms with van der Waals surface area (Å²) in [5.41, 5.74) is 1.71. The number of esters is 2. The number of carbonyl (C=O) groups excluding carboxylic acids is 3. The first-order valence-corrected chi connectivity index (χ1v) is 8.09. The van der Waals surface area contributed by atoms with E-state index in [1.807, 2.05) is 0 Å². The topological polar surface area (TPSA) is 131 Å². The van der Waals surface area contributed by atoms with Gasteiger partial charge in [-0.1, -0.05) is 0 Å². The van der Waals surface area contributed by atoms with E-state index < -0.39 is 52.9 Å². The second-order valence-electron chi connectivity index (χ2n) is 5.02. The molecule has 9 nitrogen and oxygen atoms in total. The molecule has 31 heavy (non-hydrogen) atoms. The van der Waals surface area contributed by atoms with E-state index in [0.29, 0.717) is 12.5 Å². The van der Waals surface area contributed by atoms with E-state index in [1.165, 1.54) is 13.8 Å². The molecule has 174 valence electrons. The number of ketones is 1. The Labute approximate surface area is 171 Å². The summed E-state index contributed by atoms with van der Waals surface area (Å²) in [6, 6.07) is 0. The van der Waals surface area contributed by atoms with Crippen LogP contribution in [0.4, 0.5) is 32.3 Å². The molecule has 0 unspecified atom stereocenters. The van der Waals surface area contributed by atoms with Gasteiger partial charge in [0, 0.05) is 6.20 Å². The molecule has 0 aliphatic heterocycles. The van der Waals surface area contributed by atoms with Crippen LogP contribution in [0.5, 0.6) is 0 Å². The average Bonchev–Trinajstić information content (AvgIpc) is 2.65. The zero-order valence-electron chi connectivity index (χ0n) is 16.3. The van der Waals surface area contributed by atoms with E-state index in [0.717, 1.165) is 7.11 Å². The van der Waals surface area contributed by atoms with Crippen molar-refractivity contribution >= 4 is 23.7 Å². The first-order valence-electron chi connectivity index (χ1n) is 8.09. The molecule has 0 saturated carbocycles. The predicted molar refractivity (Wildman–Crippen MR) is 90.2 cm³/mol. The molecule has 1 aromatic heterocycles. The lowest BCUT2D eigenvalue weighted by atomic mass is 10.2. The maximum Gasteiger partial charge on any atom is 0.455 e. The molecule has 0 saturated heterocycles. The van der Waals surface area contributed by atoms with Gasteiger partial charge in [0.15, 0.2) is 5.69 Å². The van der Waals surface area contributed by atoms with Gasteiger partial charge in [0.05, 0.1) is 20.3 Å². The van der Waals surface area contributed by atoms with Crippen molar-refractivity contribution in [2.24, 2.45) is 0 Å². The van der Waals surface area contributed by atoms with Crippen molar-refractivity contribution in [1.82, 2.24) is 9.97 Å². The number of ether oxygens (including phenoxy) is 3. The van der Waals surface area contributed by atoms with Gasteiger partial charge < -0.3 is 19.9 Å². The molecule has 0 aliphatic rings. The van der Waals surface area contributed by atoms with Crippen LogP contribution < -0.4 is 5.73 Å². The number of aromatic nitrogens is 2. The minimum Gasteiger partial charge on any atom is -0.503 e. The summed E-state index contributed by atoms with van der Waals surface area (Å²) in [4.78, 5) is 39.1. The maximum atomic E-state index is 12.5. The number of alkyl halides is 6. The highest BCUT2D eigenvalue weighted by atomic mass is 19.4. The number of nitrogens with zero attached hydrogens (tertiary/aromatic N) is 2. The fourth-order valence-electron chi connectivity index (χ4n) is 1.64. The molecule has 1 aromatic rings. The van der Waals surface area contributed by atoms with Gasteiger partial charge in [-0.3, -0.25) is 4.79 Å². The van der Waals surface area contributed by atoms with Crippen LogP contribution in [-0.2, 0) is 30.0 Å². The van der Waals surface area contributed by atoms with Crippen LogP contribution in [0.2, 0.25) is 0 Å². The zero-order valence-corrected chi connectivity index (χ0v) is 16.3. The van der Waals surface area contributed by atoms with Gasteiger partial charge in [-0.2, -0.15) is 26.3 Å². The second-order valence-corrected chi connectivity index (χ2v) is 5.02. The third-order valence-electron chi connectivity index (χ3n) is 2.80. The highest BCUT2D eigenvalue weighted by Crippen LogP contribution is 2.30. The molecule has 0 spiro atoms. The van der Waals surface area contributed by atoms with Crippen molar-refractivity contribution in [2.45, 2.75) is 26.2 Å². The number of rotatable bonds is 6. The monoisotopic (exact) mass is 461 g/mol. The van der Waals surface area contributed by atoms with Crippen LogP contribution >= 0.6 is 0 Å². The zero-order chi connectivity index (χ0) is 24.4. The third-order valence-corrected chi connectivity index (χ3v) is 2.80. The van der Waals surface area contributed by atoms with Gasteiger partial charge in [0.1, 0.15) is 17.4 Å². The minimum atomic E-state index is -5.13. The van der Waals surface area contributed by atoms with Crippen LogP contribution in [0.25, 0.3) is 0 Å². The lowest BCUT2D eigenvalue weighted by molar-refractivity contribution is -0.169. The van der Waals surface area contributed by atoms with E-state index in [4.69, 9.17) is 5.73 Å². The molecule has 2 N–H and O–H groups in total. The molecule has 15 heteroatoms. The van der Waals surface area contributed by atoms with Gasteiger partial charge in [-0.25, -0.2) is 19.6 Å². The second kappa shape index (κ2) is 11.7. The number of halogens is 6. The summed E-state index contributed by atoms with van der Waals surface area (Å²) in [6.07, 6.45) is -8.80. The van der Waals surface area contributed by atoms with Crippen LogP contribution in [-0.4, -0.2) is 54.2 Å². The van der Waals surface area contributed by atoms with Gasteiger partial charge in [-0.05, 0) is 13.8 Å². The van der Waals surface area contributed by atoms with Crippen LogP contribution in [0, 0.1) is 0 Å². The molecule has 1 rings (SSSR count). The van der Waals surface area contributed by atoms with Gasteiger partial charge >= 0.3 is 24.3 Å². The molecular formula is C16H17F6N3O6. The fraction of sp³-hybridized carbons (Fsp3) is 0.438. The van der Waals surface area contributed by atoms with E-state index in [-0.39, 0.29) is 13.2 Å². The van der Waals surface area contributed by atoms with Gasteiger partial charge in [0.2, 0.25) is 5.95 Å². The highest BCUT2D eigenvalue weighted by molar-refractivity contribution is 6.19. The largest absolute Gasteiger partial charge is 0.503 e. The number of carbonyl (C=O) groups is 3. The SMILES string of the molecule is CCOC(=O)C(=COC)C(=O)C(F)(F)F.CCOC(=O)c1cnc(N)nc1C(F)(F)F. The molecule has 0 radical (unpaired) electrons. The van der Waals surface area contributed by atoms with Crippen molar-refractivity contribution in [1.29, 1.82) is 0 Å². The smallest absolute Gasteiger partial charge is 0.455 e. The minimum absolute atomic E-state index is 0.0412. The Bertz CT molecular complexity index is 823. The first-order chi connectivity index (χ1) is 14.2. The Morgan fingerprint density at radius 1 is 1.06 bits per heavy atom. The Hall–Kier alpha value is -3.39.